The molecule has 1 N–H and O–H groups in total. The van der Waals surface area contributed by atoms with Gasteiger partial charge >= 0.3 is 5.97 Å². The van der Waals surface area contributed by atoms with Crippen molar-refractivity contribution in [1.29, 1.82) is 0 Å². The van der Waals surface area contributed by atoms with Gasteiger partial charge < -0.3 is 15.0 Å². The molecule has 6 heteroatoms. The van der Waals surface area contributed by atoms with Crippen LogP contribution in [0.3, 0.4) is 0 Å². The fourth-order valence-electron chi connectivity index (χ4n) is 3.77. The van der Waals surface area contributed by atoms with E-state index >= 15 is 0 Å². The van der Waals surface area contributed by atoms with Gasteiger partial charge in [0.2, 0.25) is 5.91 Å². The van der Waals surface area contributed by atoms with E-state index in [-0.39, 0.29) is 29.6 Å². The smallest absolute Gasteiger partial charge is 0.311 e. The fraction of sp³-hybridized carbons (Fsp3) is 0.476. The van der Waals surface area contributed by atoms with E-state index in [9.17, 15) is 14.4 Å². The molecule has 0 aromatic heterocycles. The highest BCUT2D eigenvalue weighted by Crippen LogP contribution is 2.46. The van der Waals surface area contributed by atoms with Crippen LogP contribution in [0.5, 0.6) is 0 Å². The molecule has 1 aromatic rings. The summed E-state index contributed by atoms with van der Waals surface area (Å²) in [6, 6.07) is 8.07. The molecule has 2 aliphatic rings. The van der Waals surface area contributed by atoms with Gasteiger partial charge in [0.1, 0.15) is 0 Å². The zero-order valence-electron chi connectivity index (χ0n) is 16.2. The van der Waals surface area contributed by atoms with Crippen molar-refractivity contribution in [3.63, 3.8) is 0 Å². The van der Waals surface area contributed by atoms with Crippen LogP contribution in [-0.4, -0.2) is 37.4 Å². The van der Waals surface area contributed by atoms with Gasteiger partial charge in [0.05, 0.1) is 5.92 Å². The third-order valence-corrected chi connectivity index (χ3v) is 5.51. The van der Waals surface area contributed by atoms with Crippen LogP contribution < -0.4 is 10.2 Å². The Morgan fingerprint density at radius 3 is 2.67 bits per heavy atom. The highest BCUT2D eigenvalue weighted by atomic mass is 16.5. The molecule has 0 aliphatic carbocycles. The van der Waals surface area contributed by atoms with E-state index in [4.69, 9.17) is 4.74 Å². The molecular formula is C21H26N2O4. The number of carbonyl (C=O) groups excluding carboxylic acids is 3. The maximum absolute atomic E-state index is 12.7. The lowest BCUT2D eigenvalue weighted by molar-refractivity contribution is -0.157. The largest absolute Gasteiger partial charge is 0.454 e. The Labute approximate surface area is 159 Å². The lowest BCUT2D eigenvalue weighted by atomic mass is 9.83. The molecule has 27 heavy (non-hydrogen) atoms. The molecule has 1 fully saturated rings. The normalized spacial score (nSPS) is 23.6. The summed E-state index contributed by atoms with van der Waals surface area (Å²) in [5.41, 5.74) is 2.80. The molecule has 1 saturated heterocycles. The number of ketones is 1. The number of ether oxygens (including phenoxy) is 1. The van der Waals surface area contributed by atoms with E-state index in [1.807, 2.05) is 30.1 Å². The number of para-hydroxylation sites is 1. The topological polar surface area (TPSA) is 75.7 Å². The minimum Gasteiger partial charge on any atom is -0.454 e. The van der Waals surface area contributed by atoms with Crippen LogP contribution in [0.2, 0.25) is 0 Å². The minimum absolute atomic E-state index is 0.0565. The maximum atomic E-state index is 12.7. The molecule has 3 rings (SSSR count). The second-order valence-electron chi connectivity index (χ2n) is 7.75. The molecule has 0 radical (unpaired) electrons. The van der Waals surface area contributed by atoms with Gasteiger partial charge in [-0.2, -0.15) is 0 Å². The summed E-state index contributed by atoms with van der Waals surface area (Å²) in [6.45, 7) is 6.02. The summed E-state index contributed by atoms with van der Waals surface area (Å²) in [4.78, 5) is 38.2. The van der Waals surface area contributed by atoms with Crippen LogP contribution in [0.4, 0.5) is 5.69 Å². The quantitative estimate of drug-likeness (QED) is 0.650. The number of nitrogens with one attached hydrogen (secondary N) is 1. The highest BCUT2D eigenvalue weighted by molar-refractivity contribution is 5.97. The number of esters is 1. The van der Waals surface area contributed by atoms with E-state index in [1.54, 1.807) is 13.0 Å². The van der Waals surface area contributed by atoms with Gasteiger partial charge in [-0.05, 0) is 25.0 Å². The van der Waals surface area contributed by atoms with Crippen molar-refractivity contribution in [1.82, 2.24) is 5.32 Å². The van der Waals surface area contributed by atoms with Gasteiger partial charge in [0, 0.05) is 42.9 Å². The molecule has 2 aliphatic heterocycles. The average Bonchev–Trinajstić information content (AvgIpc) is 2.83. The molecule has 0 saturated carbocycles. The van der Waals surface area contributed by atoms with E-state index in [1.165, 1.54) is 0 Å². The number of amides is 1. The number of benzene rings is 1. The first kappa shape index (κ1) is 19.1. The molecule has 2 atom stereocenters. The number of piperidine rings is 1. The number of carbonyl (C=O) groups is 3. The molecule has 2 heterocycles. The first-order valence-corrected chi connectivity index (χ1v) is 9.28. The van der Waals surface area contributed by atoms with Gasteiger partial charge in [-0.3, -0.25) is 14.4 Å². The Balaban J connectivity index is 1.71. The third kappa shape index (κ3) is 3.61. The average molecular weight is 370 g/mol. The van der Waals surface area contributed by atoms with Crippen molar-refractivity contribution in [2.75, 3.05) is 18.5 Å². The molecule has 6 nitrogen and oxygen atoms in total. The molecule has 0 bridgehead atoms. The van der Waals surface area contributed by atoms with E-state index in [2.05, 4.69) is 25.2 Å². The van der Waals surface area contributed by atoms with E-state index < -0.39 is 12.1 Å². The summed E-state index contributed by atoms with van der Waals surface area (Å²) in [7, 11) is 1.94. The molecule has 1 amide bonds. The second kappa shape index (κ2) is 7.18. The number of nitrogens with zero attached hydrogens (tertiary/aromatic N) is 1. The second-order valence-corrected chi connectivity index (χ2v) is 7.75. The summed E-state index contributed by atoms with van der Waals surface area (Å²) < 4.78 is 5.37. The number of hydrogen-bond acceptors (Lipinski definition) is 5. The van der Waals surface area contributed by atoms with Crippen molar-refractivity contribution in [2.45, 2.75) is 45.1 Å². The summed E-state index contributed by atoms with van der Waals surface area (Å²) in [5, 5.41) is 2.66. The van der Waals surface area contributed by atoms with Crippen molar-refractivity contribution < 1.29 is 19.1 Å². The Morgan fingerprint density at radius 2 is 2.04 bits per heavy atom. The summed E-state index contributed by atoms with van der Waals surface area (Å²) >= 11 is 0. The SMILES string of the molecule is CC(OC(=O)C1CCC(=O)NC1)C(=O)C=C1N(C)c2ccccc2C1(C)C. The van der Waals surface area contributed by atoms with E-state index in [0.717, 1.165) is 16.9 Å². The Bertz CT molecular complexity index is 802. The summed E-state index contributed by atoms with van der Waals surface area (Å²) in [6.07, 6.45) is 1.48. The van der Waals surface area contributed by atoms with Gasteiger partial charge in [-0.25, -0.2) is 0 Å². The van der Waals surface area contributed by atoms with Crippen LogP contribution in [0.25, 0.3) is 0 Å². The Kier molecular flexibility index (Phi) is 5.09. The predicted molar refractivity (Wildman–Crippen MR) is 102 cm³/mol. The number of anilines is 1. The monoisotopic (exact) mass is 370 g/mol. The molecule has 2 unspecified atom stereocenters. The standard InChI is InChI=1S/C21H26N2O4/c1-13(27-20(26)14-9-10-19(25)22-12-14)17(24)11-18-21(2,3)15-7-5-6-8-16(15)23(18)4/h5-8,11,13-14H,9-10,12H2,1-4H3,(H,22,25). The van der Waals surface area contributed by atoms with Crippen LogP contribution in [-0.2, 0) is 24.5 Å². The fourth-order valence-corrected chi connectivity index (χ4v) is 3.77. The zero-order chi connectivity index (χ0) is 19.8. The molecule has 1 aromatic carbocycles. The minimum atomic E-state index is -0.865. The van der Waals surface area contributed by atoms with Crippen molar-refractivity contribution in [2.24, 2.45) is 5.92 Å². The van der Waals surface area contributed by atoms with E-state index in [0.29, 0.717) is 12.8 Å². The number of allylic oxidation sites excluding steroid dienone is 1. The van der Waals surface area contributed by atoms with Crippen molar-refractivity contribution in [3.05, 3.63) is 41.6 Å². The number of hydrogen-bond donors (Lipinski definition) is 1. The lowest BCUT2D eigenvalue weighted by Crippen LogP contribution is -2.40. The Hall–Kier alpha value is -2.63. The van der Waals surface area contributed by atoms with Crippen LogP contribution in [0.1, 0.15) is 39.2 Å². The van der Waals surface area contributed by atoms with Gasteiger partial charge in [-0.1, -0.05) is 32.0 Å². The van der Waals surface area contributed by atoms with Crippen molar-refractivity contribution >= 4 is 23.3 Å². The Morgan fingerprint density at radius 1 is 1.33 bits per heavy atom. The maximum Gasteiger partial charge on any atom is 0.311 e. The van der Waals surface area contributed by atoms with Crippen molar-refractivity contribution in [3.8, 4) is 0 Å². The van der Waals surface area contributed by atoms with Gasteiger partial charge in [0.15, 0.2) is 11.9 Å². The molecule has 144 valence electrons. The number of rotatable bonds is 4. The van der Waals surface area contributed by atoms with Gasteiger partial charge in [0.25, 0.3) is 0 Å². The number of likely N-dealkylation sites (N-methyl/N-ethyl adjacent to an activating group) is 1. The highest BCUT2D eigenvalue weighted by Gasteiger charge is 2.39. The number of fused-ring (bicyclic) bond motifs is 1. The molecule has 0 spiro atoms. The third-order valence-electron chi connectivity index (χ3n) is 5.51. The zero-order valence-corrected chi connectivity index (χ0v) is 16.2. The van der Waals surface area contributed by atoms with Crippen LogP contribution >= 0.6 is 0 Å². The lowest BCUT2D eigenvalue weighted by Gasteiger charge is -2.25. The summed E-state index contributed by atoms with van der Waals surface area (Å²) in [5.74, 6) is -1.12. The van der Waals surface area contributed by atoms with Gasteiger partial charge in [-0.15, -0.1) is 0 Å². The first-order chi connectivity index (χ1) is 12.7. The van der Waals surface area contributed by atoms with Crippen LogP contribution in [0.15, 0.2) is 36.0 Å². The molecular weight excluding hydrogens is 344 g/mol. The first-order valence-electron chi connectivity index (χ1n) is 9.28. The predicted octanol–water partition coefficient (Wildman–Crippen LogP) is 2.32. The van der Waals surface area contributed by atoms with Crippen LogP contribution in [0, 0.1) is 5.92 Å².